The first-order chi connectivity index (χ1) is 12.5. The number of aromatic nitrogens is 4. The van der Waals surface area contributed by atoms with Gasteiger partial charge in [0.2, 0.25) is 0 Å². The van der Waals surface area contributed by atoms with Crippen LogP contribution in [0.5, 0.6) is 0 Å². The molecule has 2 aromatic rings. The van der Waals surface area contributed by atoms with Crippen molar-refractivity contribution in [3.8, 4) is 0 Å². The number of rotatable bonds is 4. The minimum atomic E-state index is -1.22. The summed E-state index contributed by atoms with van der Waals surface area (Å²) in [5, 5.41) is 43.2. The van der Waals surface area contributed by atoms with E-state index < -0.39 is 36.9 Å². The molecule has 0 aromatic carbocycles. The summed E-state index contributed by atoms with van der Waals surface area (Å²) in [6.45, 7) is -0.407. The van der Waals surface area contributed by atoms with Crippen LogP contribution in [0.15, 0.2) is 12.7 Å². The lowest BCUT2D eigenvalue weighted by atomic mass is 9.92. The van der Waals surface area contributed by atoms with Crippen molar-refractivity contribution in [2.75, 3.05) is 11.9 Å². The Balaban J connectivity index is 1.65. The summed E-state index contributed by atoms with van der Waals surface area (Å²) >= 11 is 0. The number of hydrogen-bond acceptors (Lipinski definition) is 9. The molecule has 2 fully saturated rings. The molecule has 4 atom stereocenters. The molecule has 26 heavy (non-hydrogen) atoms. The lowest BCUT2D eigenvalue weighted by Gasteiger charge is -2.33. The molecule has 0 radical (unpaired) electrons. The van der Waals surface area contributed by atoms with Gasteiger partial charge < -0.3 is 30.5 Å². The Kier molecular flexibility index (Phi) is 4.53. The van der Waals surface area contributed by atoms with Gasteiger partial charge in [-0.1, -0.05) is 6.42 Å². The maximum atomic E-state index is 10.7. The minimum Gasteiger partial charge on any atom is -0.394 e. The van der Waals surface area contributed by atoms with Crippen LogP contribution < -0.4 is 5.32 Å². The van der Waals surface area contributed by atoms with Crippen LogP contribution in [-0.2, 0) is 4.74 Å². The third kappa shape index (κ3) is 2.93. The Hall–Kier alpha value is -1.85. The highest BCUT2D eigenvalue weighted by atomic mass is 16.6. The van der Waals surface area contributed by atoms with E-state index in [4.69, 9.17) is 4.74 Å². The number of fused-ring (bicyclic) bond motifs is 1. The van der Waals surface area contributed by atoms with E-state index in [1.54, 1.807) is 0 Å². The number of imidazole rings is 1. The second kappa shape index (κ2) is 6.71. The number of hydrogen-bond donors (Lipinski definition) is 5. The molecule has 0 spiro atoms. The highest BCUT2D eigenvalue weighted by Gasteiger charge is 2.44. The topological polar surface area (TPSA) is 146 Å². The first-order valence-electron chi connectivity index (χ1n) is 8.83. The highest BCUT2D eigenvalue weighted by Crippen LogP contribution is 2.34. The predicted octanol–water partition coefficient (Wildman–Crippen LogP) is -0.498. The molecular weight excluding hydrogens is 342 g/mol. The summed E-state index contributed by atoms with van der Waals surface area (Å²) in [6.07, 6.45) is 2.80. The molecule has 0 bridgehead atoms. The average Bonchev–Trinajstić information content (AvgIpc) is 3.18. The van der Waals surface area contributed by atoms with E-state index in [2.05, 4.69) is 20.3 Å². The van der Waals surface area contributed by atoms with E-state index in [-0.39, 0.29) is 0 Å². The first kappa shape index (κ1) is 17.6. The van der Waals surface area contributed by atoms with Gasteiger partial charge in [-0.2, -0.15) is 0 Å². The van der Waals surface area contributed by atoms with Crippen LogP contribution in [0.25, 0.3) is 11.2 Å². The molecule has 3 heterocycles. The van der Waals surface area contributed by atoms with Gasteiger partial charge in [0.1, 0.15) is 30.4 Å². The number of nitrogens with one attached hydrogen (secondary N) is 1. The van der Waals surface area contributed by atoms with Gasteiger partial charge in [-0.25, -0.2) is 15.0 Å². The summed E-state index contributed by atoms with van der Waals surface area (Å²) in [7, 11) is 0. The zero-order valence-corrected chi connectivity index (χ0v) is 14.2. The van der Waals surface area contributed by atoms with E-state index in [1.165, 1.54) is 17.2 Å². The van der Waals surface area contributed by atoms with Crippen LogP contribution in [-0.4, -0.2) is 70.6 Å². The average molecular weight is 365 g/mol. The van der Waals surface area contributed by atoms with Gasteiger partial charge in [-0.05, 0) is 25.7 Å². The Morgan fingerprint density at radius 3 is 2.62 bits per heavy atom. The third-order valence-electron chi connectivity index (χ3n) is 5.18. The predicted molar refractivity (Wildman–Crippen MR) is 90.0 cm³/mol. The standard InChI is InChI=1S/C16H23N5O5/c22-6-9-11(23)12(24)15(26-9)21-8-19-10-13(17-7-18-14(10)21)20-16(25)4-2-1-3-5-16/h7-9,11-12,15,22-25H,1-6H2,(H,17,18,20)/t9-,11?,12?,15-/m1/s1. The fourth-order valence-corrected chi connectivity index (χ4v) is 3.72. The Bertz CT molecular complexity index is 777. The molecule has 2 aliphatic rings. The van der Waals surface area contributed by atoms with Crippen LogP contribution in [0.3, 0.4) is 0 Å². The SMILES string of the molecule is OC[C@H]1O[C@@H](n2cnc3c(NC4(O)CCCCC4)ncnc32)C(O)C1O. The molecule has 142 valence electrons. The molecule has 10 nitrogen and oxygen atoms in total. The molecule has 2 unspecified atom stereocenters. The molecule has 2 aromatic heterocycles. The summed E-state index contributed by atoms with van der Waals surface area (Å²) in [4.78, 5) is 12.7. The number of aliphatic hydroxyl groups is 4. The third-order valence-corrected chi connectivity index (χ3v) is 5.18. The Morgan fingerprint density at radius 2 is 1.92 bits per heavy atom. The maximum absolute atomic E-state index is 10.7. The minimum absolute atomic E-state index is 0.400. The molecule has 1 aliphatic heterocycles. The van der Waals surface area contributed by atoms with E-state index in [0.717, 1.165) is 19.3 Å². The van der Waals surface area contributed by atoms with Crippen molar-refractivity contribution in [2.24, 2.45) is 0 Å². The van der Waals surface area contributed by atoms with Crippen molar-refractivity contribution in [3.05, 3.63) is 12.7 Å². The van der Waals surface area contributed by atoms with Crippen LogP contribution in [0.4, 0.5) is 5.82 Å². The van der Waals surface area contributed by atoms with E-state index in [9.17, 15) is 20.4 Å². The van der Waals surface area contributed by atoms with Crippen molar-refractivity contribution >= 4 is 17.0 Å². The molecule has 0 amide bonds. The van der Waals surface area contributed by atoms with Gasteiger partial charge >= 0.3 is 0 Å². The van der Waals surface area contributed by atoms with Gasteiger partial charge in [0.05, 0.1) is 12.9 Å². The summed E-state index contributed by atoms with van der Waals surface area (Å²) < 4.78 is 7.04. The second-order valence-corrected chi connectivity index (χ2v) is 6.99. The Morgan fingerprint density at radius 1 is 1.15 bits per heavy atom. The van der Waals surface area contributed by atoms with Crippen LogP contribution in [0.2, 0.25) is 0 Å². The second-order valence-electron chi connectivity index (χ2n) is 6.99. The van der Waals surface area contributed by atoms with Crippen molar-refractivity contribution in [1.82, 2.24) is 19.5 Å². The fourth-order valence-electron chi connectivity index (χ4n) is 3.72. The van der Waals surface area contributed by atoms with E-state index in [1.807, 2.05) is 0 Å². The molecule has 1 saturated carbocycles. The van der Waals surface area contributed by atoms with Crippen LogP contribution >= 0.6 is 0 Å². The fraction of sp³-hybridized carbons (Fsp3) is 0.688. The number of ether oxygens (including phenoxy) is 1. The molecule has 1 aliphatic carbocycles. The first-order valence-corrected chi connectivity index (χ1v) is 8.83. The Labute approximate surface area is 149 Å². The zero-order valence-electron chi connectivity index (χ0n) is 14.2. The lowest BCUT2D eigenvalue weighted by Crippen LogP contribution is -2.40. The van der Waals surface area contributed by atoms with Crippen LogP contribution in [0.1, 0.15) is 38.3 Å². The van der Waals surface area contributed by atoms with Gasteiger partial charge in [0.25, 0.3) is 0 Å². The molecule has 5 N–H and O–H groups in total. The van der Waals surface area contributed by atoms with Crippen molar-refractivity contribution in [2.45, 2.75) is 62.4 Å². The van der Waals surface area contributed by atoms with E-state index >= 15 is 0 Å². The zero-order chi connectivity index (χ0) is 18.3. The molecule has 1 saturated heterocycles. The largest absolute Gasteiger partial charge is 0.394 e. The molecule has 4 rings (SSSR count). The summed E-state index contributed by atoms with van der Waals surface area (Å²) in [5.74, 6) is 0.407. The van der Waals surface area contributed by atoms with E-state index in [0.29, 0.717) is 29.8 Å². The summed E-state index contributed by atoms with van der Waals surface area (Å²) in [5.41, 5.74) is -0.189. The quantitative estimate of drug-likeness (QED) is 0.453. The number of aliphatic hydroxyl groups excluding tert-OH is 3. The number of anilines is 1. The van der Waals surface area contributed by atoms with Crippen molar-refractivity contribution in [3.63, 3.8) is 0 Å². The van der Waals surface area contributed by atoms with Crippen molar-refractivity contribution in [1.29, 1.82) is 0 Å². The number of nitrogens with zero attached hydrogens (tertiary/aromatic N) is 4. The van der Waals surface area contributed by atoms with Gasteiger partial charge in [0.15, 0.2) is 23.2 Å². The highest BCUT2D eigenvalue weighted by molar-refractivity contribution is 5.83. The van der Waals surface area contributed by atoms with Crippen LogP contribution in [0, 0.1) is 0 Å². The lowest BCUT2D eigenvalue weighted by molar-refractivity contribution is -0.0511. The maximum Gasteiger partial charge on any atom is 0.167 e. The smallest absolute Gasteiger partial charge is 0.167 e. The van der Waals surface area contributed by atoms with Crippen molar-refractivity contribution < 1.29 is 25.2 Å². The summed E-state index contributed by atoms with van der Waals surface area (Å²) in [6, 6.07) is 0. The van der Waals surface area contributed by atoms with Gasteiger partial charge in [-0.15, -0.1) is 0 Å². The van der Waals surface area contributed by atoms with Gasteiger partial charge in [-0.3, -0.25) is 4.57 Å². The molecule has 10 heteroatoms. The molecular formula is C16H23N5O5. The normalized spacial score (nSPS) is 31.4. The van der Waals surface area contributed by atoms with Gasteiger partial charge in [0, 0.05) is 0 Å². The monoisotopic (exact) mass is 365 g/mol.